The van der Waals surface area contributed by atoms with Crippen molar-refractivity contribution in [1.29, 1.82) is 0 Å². The average molecular weight is 495 g/mol. The second-order valence-corrected chi connectivity index (χ2v) is 14.4. The number of hydrogen-bond donors (Lipinski definition) is 0. The molecule has 5 aliphatic rings. The van der Waals surface area contributed by atoms with Gasteiger partial charge in [-0.3, -0.25) is 9.80 Å². The molecule has 5 saturated heterocycles. The lowest BCUT2D eigenvalue weighted by Gasteiger charge is -2.55. The molecule has 0 amide bonds. The zero-order chi connectivity index (χ0) is 23.6. The Hall–Kier alpha value is -1.17. The monoisotopic (exact) mass is 494 g/mol. The standard InChI is InChI=1S/C30H42N2O2S/c1-21-3-5-27(23-9-13-33-15-23)31-18-29(11-7-25(21)31)17-30(35-20-29)12-8-26-22(2)4-6-28(32(26)19-30)24-10-14-34-16-24/h9-10,13-16,21-22,25-28H,3-8,11-12,17-20H2,1-2H3/t21-,22-,25-,26-,27-,28-,29-,30+/m0/s1. The predicted molar refractivity (Wildman–Crippen MR) is 141 cm³/mol. The molecular weight excluding hydrogens is 452 g/mol. The highest BCUT2D eigenvalue weighted by Crippen LogP contribution is 2.60. The lowest BCUT2D eigenvalue weighted by Crippen LogP contribution is -2.57. The summed E-state index contributed by atoms with van der Waals surface area (Å²) in [6.07, 6.45) is 20.0. The quantitative estimate of drug-likeness (QED) is 0.437. The van der Waals surface area contributed by atoms with Gasteiger partial charge in [-0.15, -0.1) is 0 Å². The van der Waals surface area contributed by atoms with Gasteiger partial charge in [0.15, 0.2) is 0 Å². The van der Waals surface area contributed by atoms with Gasteiger partial charge in [0.2, 0.25) is 0 Å². The van der Waals surface area contributed by atoms with Crippen LogP contribution in [0.2, 0.25) is 0 Å². The number of thioether (sulfide) groups is 1. The summed E-state index contributed by atoms with van der Waals surface area (Å²) in [4.78, 5) is 5.86. The molecule has 0 radical (unpaired) electrons. The number of nitrogens with zero attached hydrogens (tertiary/aromatic N) is 2. The van der Waals surface area contributed by atoms with Gasteiger partial charge in [0.1, 0.15) is 0 Å². The summed E-state index contributed by atoms with van der Waals surface area (Å²) in [5, 5.41) is 0. The largest absolute Gasteiger partial charge is 0.472 e. The van der Waals surface area contributed by atoms with Crippen molar-refractivity contribution in [1.82, 2.24) is 9.80 Å². The molecule has 7 rings (SSSR count). The number of fused-ring (bicyclic) bond motifs is 2. The third-order valence-electron chi connectivity index (χ3n) is 10.8. The lowest BCUT2D eigenvalue weighted by molar-refractivity contribution is -0.0454. The van der Waals surface area contributed by atoms with E-state index in [9.17, 15) is 0 Å². The molecule has 5 aliphatic heterocycles. The van der Waals surface area contributed by atoms with E-state index in [2.05, 4.69) is 47.5 Å². The number of furan rings is 2. The van der Waals surface area contributed by atoms with Crippen LogP contribution in [0.15, 0.2) is 46.0 Å². The Morgan fingerprint density at radius 2 is 1.37 bits per heavy atom. The smallest absolute Gasteiger partial charge is 0.0950 e. The molecule has 0 N–H and O–H groups in total. The maximum Gasteiger partial charge on any atom is 0.0950 e. The number of hydrogen-bond acceptors (Lipinski definition) is 5. The topological polar surface area (TPSA) is 32.8 Å². The summed E-state index contributed by atoms with van der Waals surface area (Å²) in [5.41, 5.74) is 3.30. The fraction of sp³-hybridized carbons (Fsp3) is 0.733. The van der Waals surface area contributed by atoms with E-state index < -0.39 is 0 Å². The van der Waals surface area contributed by atoms with Gasteiger partial charge in [-0.2, -0.15) is 11.8 Å². The molecule has 2 aromatic rings. The van der Waals surface area contributed by atoms with Gasteiger partial charge in [-0.05, 0) is 87.2 Å². The molecule has 4 nitrogen and oxygen atoms in total. The van der Waals surface area contributed by atoms with E-state index in [1.54, 1.807) is 0 Å². The molecule has 35 heavy (non-hydrogen) atoms. The first-order chi connectivity index (χ1) is 17.0. The SMILES string of the molecule is C[C@H]1CC[C@@H](c2ccoc2)N2C[C@@]3(CC[C@@H]12)CS[C@]1(CC[C@H]2[C@@H](C)CC[C@@H](c4ccoc4)N2C1)C3. The second kappa shape index (κ2) is 8.70. The van der Waals surface area contributed by atoms with Gasteiger partial charge in [0.05, 0.1) is 25.1 Å². The Bertz CT molecular complexity index is 927. The van der Waals surface area contributed by atoms with E-state index in [-0.39, 0.29) is 0 Å². The van der Waals surface area contributed by atoms with E-state index >= 15 is 0 Å². The highest BCUT2D eigenvalue weighted by molar-refractivity contribution is 8.01. The summed E-state index contributed by atoms with van der Waals surface area (Å²) in [7, 11) is 0. The van der Waals surface area contributed by atoms with E-state index in [4.69, 9.17) is 8.83 Å². The molecule has 0 saturated carbocycles. The van der Waals surface area contributed by atoms with E-state index in [0.717, 1.165) is 23.9 Å². The van der Waals surface area contributed by atoms with Crippen molar-refractivity contribution in [2.24, 2.45) is 17.3 Å². The van der Waals surface area contributed by atoms with Gasteiger partial charge in [-0.1, -0.05) is 13.8 Å². The van der Waals surface area contributed by atoms with E-state index in [0.29, 0.717) is 22.2 Å². The first-order valence-electron chi connectivity index (χ1n) is 14.2. The molecule has 0 aromatic carbocycles. The number of rotatable bonds is 2. The second-order valence-electron chi connectivity index (χ2n) is 13.0. The molecule has 5 heteroatoms. The maximum atomic E-state index is 5.54. The minimum absolute atomic E-state index is 0.439. The molecular formula is C30H42N2O2S. The highest BCUT2D eigenvalue weighted by Gasteiger charge is 2.56. The fourth-order valence-corrected chi connectivity index (χ4v) is 10.9. The van der Waals surface area contributed by atoms with Gasteiger partial charge >= 0.3 is 0 Å². The average Bonchev–Trinajstić information content (AvgIpc) is 3.63. The van der Waals surface area contributed by atoms with Crippen LogP contribution < -0.4 is 0 Å². The van der Waals surface area contributed by atoms with Crippen molar-refractivity contribution < 1.29 is 8.83 Å². The Morgan fingerprint density at radius 3 is 1.97 bits per heavy atom. The third kappa shape index (κ3) is 3.87. The summed E-state index contributed by atoms with van der Waals surface area (Å²) in [5.74, 6) is 2.99. The van der Waals surface area contributed by atoms with E-state index in [1.807, 2.05) is 25.1 Å². The van der Waals surface area contributed by atoms with Crippen LogP contribution in [0.5, 0.6) is 0 Å². The maximum absolute atomic E-state index is 5.54. The normalized spacial score (nSPS) is 44.5. The van der Waals surface area contributed by atoms with Crippen LogP contribution in [-0.4, -0.2) is 45.5 Å². The van der Waals surface area contributed by atoms with Crippen molar-refractivity contribution in [3.05, 3.63) is 48.3 Å². The summed E-state index contributed by atoms with van der Waals surface area (Å²) < 4.78 is 11.5. The Labute approximate surface area is 215 Å². The molecule has 8 atom stereocenters. The zero-order valence-electron chi connectivity index (χ0n) is 21.5. The van der Waals surface area contributed by atoms with Crippen molar-refractivity contribution >= 4 is 11.8 Å². The molecule has 7 heterocycles. The third-order valence-corrected chi connectivity index (χ3v) is 12.7. The Kier molecular flexibility index (Phi) is 5.71. The highest BCUT2D eigenvalue weighted by atomic mass is 32.2. The molecule has 190 valence electrons. The molecule has 2 spiro atoms. The minimum atomic E-state index is 0.439. The van der Waals surface area contributed by atoms with Crippen LogP contribution in [0.3, 0.4) is 0 Å². The number of piperidine rings is 4. The van der Waals surface area contributed by atoms with Crippen LogP contribution in [0.4, 0.5) is 0 Å². The van der Waals surface area contributed by atoms with Crippen LogP contribution >= 0.6 is 11.8 Å². The molecule has 0 unspecified atom stereocenters. The first kappa shape index (κ1) is 23.0. The van der Waals surface area contributed by atoms with Gasteiger partial charge in [-0.25, -0.2) is 0 Å². The Balaban J connectivity index is 1.13. The van der Waals surface area contributed by atoms with Crippen LogP contribution in [0.1, 0.15) is 94.8 Å². The summed E-state index contributed by atoms with van der Waals surface area (Å²) >= 11 is 2.36. The summed E-state index contributed by atoms with van der Waals surface area (Å²) in [6.45, 7) is 7.56. The van der Waals surface area contributed by atoms with Crippen LogP contribution in [-0.2, 0) is 0 Å². The summed E-state index contributed by atoms with van der Waals surface area (Å²) in [6, 6.07) is 7.04. The van der Waals surface area contributed by atoms with Crippen LogP contribution in [0.25, 0.3) is 0 Å². The molecule has 0 bridgehead atoms. The van der Waals surface area contributed by atoms with Gasteiger partial charge in [0.25, 0.3) is 0 Å². The Morgan fingerprint density at radius 1 is 0.771 bits per heavy atom. The molecule has 0 aliphatic carbocycles. The van der Waals surface area contributed by atoms with Crippen molar-refractivity contribution in [2.45, 2.75) is 101 Å². The lowest BCUT2D eigenvalue weighted by atomic mass is 9.67. The predicted octanol–water partition coefficient (Wildman–Crippen LogP) is 7.31. The van der Waals surface area contributed by atoms with E-state index in [1.165, 1.54) is 87.8 Å². The first-order valence-corrected chi connectivity index (χ1v) is 15.2. The molecule has 5 fully saturated rings. The fourth-order valence-electron chi connectivity index (χ4n) is 9.03. The van der Waals surface area contributed by atoms with Gasteiger partial charge < -0.3 is 8.83 Å². The van der Waals surface area contributed by atoms with Gasteiger partial charge in [0, 0.05) is 58.9 Å². The van der Waals surface area contributed by atoms with Crippen LogP contribution in [0, 0.1) is 17.3 Å². The molecule has 2 aromatic heterocycles. The van der Waals surface area contributed by atoms with Crippen molar-refractivity contribution in [3.63, 3.8) is 0 Å². The zero-order valence-corrected chi connectivity index (χ0v) is 22.3. The van der Waals surface area contributed by atoms with Crippen molar-refractivity contribution in [3.8, 4) is 0 Å². The van der Waals surface area contributed by atoms with Crippen molar-refractivity contribution in [2.75, 3.05) is 18.8 Å². The minimum Gasteiger partial charge on any atom is -0.472 e.